The van der Waals surface area contributed by atoms with E-state index in [0.717, 1.165) is 32.6 Å². The van der Waals surface area contributed by atoms with Gasteiger partial charge in [-0.1, -0.05) is 91.0 Å². The summed E-state index contributed by atoms with van der Waals surface area (Å²) in [7, 11) is 0. The Morgan fingerprint density at radius 3 is 1.35 bits per heavy atom. The lowest BCUT2D eigenvalue weighted by atomic mass is 10.1. The van der Waals surface area contributed by atoms with Crippen LogP contribution in [0.2, 0.25) is 0 Å². The van der Waals surface area contributed by atoms with Crippen molar-refractivity contribution in [2.75, 3.05) is 13.1 Å². The monoisotopic (exact) mass is 342 g/mol. The zero-order valence-corrected chi connectivity index (χ0v) is 15.2. The third-order valence-electron chi connectivity index (χ3n) is 5.24. The summed E-state index contributed by atoms with van der Waals surface area (Å²) in [5.41, 5.74) is 4.20. The summed E-state index contributed by atoms with van der Waals surface area (Å²) in [6.07, 6.45) is 1.51. The van der Waals surface area contributed by atoms with Crippen LogP contribution in [0, 0.1) is 0 Å². The minimum atomic E-state index is 0.442. The Morgan fingerprint density at radius 1 is 0.538 bits per heavy atom. The van der Waals surface area contributed by atoms with Crippen LogP contribution in [0.15, 0.2) is 91.0 Å². The molecule has 3 aromatic rings. The molecule has 1 saturated heterocycles. The van der Waals surface area contributed by atoms with Crippen LogP contribution < -0.4 is 0 Å². The van der Waals surface area contributed by atoms with Crippen molar-refractivity contribution in [1.82, 2.24) is 9.80 Å². The molecule has 0 aromatic heterocycles. The third kappa shape index (κ3) is 4.21. The Morgan fingerprint density at radius 2 is 0.923 bits per heavy atom. The van der Waals surface area contributed by atoms with E-state index in [2.05, 4.69) is 101 Å². The third-order valence-corrected chi connectivity index (χ3v) is 5.24. The van der Waals surface area contributed by atoms with Crippen LogP contribution in [0.5, 0.6) is 0 Å². The fourth-order valence-corrected chi connectivity index (χ4v) is 3.87. The highest BCUT2D eigenvalue weighted by Crippen LogP contribution is 2.23. The average Bonchev–Trinajstić information content (AvgIpc) is 3.05. The van der Waals surface area contributed by atoms with Gasteiger partial charge < -0.3 is 0 Å². The van der Waals surface area contributed by atoms with E-state index in [0.29, 0.717) is 6.17 Å². The van der Waals surface area contributed by atoms with E-state index in [1.807, 2.05) is 0 Å². The maximum atomic E-state index is 2.63. The lowest BCUT2D eigenvalue weighted by molar-refractivity contribution is 0.124. The van der Waals surface area contributed by atoms with Crippen molar-refractivity contribution in [3.05, 3.63) is 108 Å². The molecule has 132 valence electrons. The molecular formula is C24H26N2. The van der Waals surface area contributed by atoms with Gasteiger partial charge in [-0.2, -0.15) is 0 Å². The van der Waals surface area contributed by atoms with E-state index in [1.54, 1.807) is 0 Å². The van der Waals surface area contributed by atoms with Crippen molar-refractivity contribution in [2.45, 2.75) is 25.7 Å². The molecule has 2 nitrogen and oxygen atoms in total. The predicted octanol–water partition coefficient (Wildman–Crippen LogP) is 4.57. The normalized spacial score (nSPS) is 16.2. The van der Waals surface area contributed by atoms with Crippen LogP contribution in [-0.4, -0.2) is 29.1 Å². The first-order valence-corrected chi connectivity index (χ1v) is 9.48. The number of hydrogen-bond acceptors (Lipinski definition) is 2. The Labute approximate surface area is 156 Å². The number of nitrogens with zero attached hydrogens (tertiary/aromatic N) is 2. The lowest BCUT2D eigenvalue weighted by Gasteiger charge is -2.31. The molecule has 1 fully saturated rings. The standard InChI is InChI=1S/C24H26N2/c1-4-10-21(11-5-1)18-24-25(19-22-12-6-2-7-13-22)16-17-26(24)20-23-14-8-3-9-15-23/h1-15,24H,16-20H2. The van der Waals surface area contributed by atoms with Crippen molar-refractivity contribution in [2.24, 2.45) is 0 Å². The molecule has 1 aliphatic rings. The van der Waals surface area contributed by atoms with Crippen molar-refractivity contribution < 1.29 is 0 Å². The topological polar surface area (TPSA) is 6.48 Å². The molecule has 0 radical (unpaired) electrons. The van der Waals surface area contributed by atoms with Crippen molar-refractivity contribution in [3.63, 3.8) is 0 Å². The number of rotatable bonds is 6. The molecule has 1 aliphatic heterocycles. The molecule has 4 rings (SSSR count). The molecule has 0 unspecified atom stereocenters. The molecule has 3 aromatic carbocycles. The fraction of sp³-hybridized carbons (Fsp3) is 0.250. The van der Waals surface area contributed by atoms with Crippen LogP contribution in [0.4, 0.5) is 0 Å². The molecule has 1 heterocycles. The van der Waals surface area contributed by atoms with E-state index in [-0.39, 0.29) is 0 Å². The van der Waals surface area contributed by atoms with Crippen molar-refractivity contribution >= 4 is 0 Å². The SMILES string of the molecule is c1ccc(CC2N(Cc3ccccc3)CCN2Cc2ccccc2)cc1. The summed E-state index contributed by atoms with van der Waals surface area (Å²) < 4.78 is 0. The lowest BCUT2D eigenvalue weighted by Crippen LogP contribution is -2.39. The summed E-state index contributed by atoms with van der Waals surface area (Å²) in [6, 6.07) is 32.6. The van der Waals surface area contributed by atoms with Gasteiger partial charge in [-0.25, -0.2) is 0 Å². The van der Waals surface area contributed by atoms with Crippen LogP contribution >= 0.6 is 0 Å². The second-order valence-corrected chi connectivity index (χ2v) is 7.08. The highest BCUT2D eigenvalue weighted by Gasteiger charge is 2.31. The zero-order chi connectivity index (χ0) is 17.6. The molecular weight excluding hydrogens is 316 g/mol. The summed E-state index contributed by atoms with van der Waals surface area (Å²) in [6.45, 7) is 4.28. The highest BCUT2D eigenvalue weighted by atomic mass is 15.4. The summed E-state index contributed by atoms with van der Waals surface area (Å²) in [5.74, 6) is 0. The van der Waals surface area contributed by atoms with E-state index in [9.17, 15) is 0 Å². The first-order chi connectivity index (χ1) is 12.9. The minimum Gasteiger partial charge on any atom is -0.282 e. The van der Waals surface area contributed by atoms with Gasteiger partial charge in [0.15, 0.2) is 0 Å². The second kappa shape index (κ2) is 8.31. The molecule has 0 saturated carbocycles. The van der Waals surface area contributed by atoms with Gasteiger partial charge in [0.25, 0.3) is 0 Å². The van der Waals surface area contributed by atoms with Crippen LogP contribution in [0.1, 0.15) is 16.7 Å². The largest absolute Gasteiger partial charge is 0.282 e. The second-order valence-electron chi connectivity index (χ2n) is 7.08. The molecule has 0 amide bonds. The first kappa shape index (κ1) is 17.0. The summed E-state index contributed by atoms with van der Waals surface area (Å²) in [5, 5.41) is 0. The van der Waals surface area contributed by atoms with E-state index < -0.39 is 0 Å². The van der Waals surface area contributed by atoms with Crippen LogP contribution in [0.25, 0.3) is 0 Å². The fourth-order valence-electron chi connectivity index (χ4n) is 3.87. The highest BCUT2D eigenvalue weighted by molar-refractivity contribution is 5.19. The van der Waals surface area contributed by atoms with Gasteiger partial charge >= 0.3 is 0 Å². The van der Waals surface area contributed by atoms with E-state index in [1.165, 1.54) is 16.7 Å². The Bertz CT molecular complexity index is 737. The molecule has 2 heteroatoms. The van der Waals surface area contributed by atoms with Gasteiger partial charge in [0.05, 0.1) is 6.17 Å². The molecule has 0 aliphatic carbocycles. The maximum absolute atomic E-state index is 2.63. The van der Waals surface area contributed by atoms with Gasteiger partial charge in [0, 0.05) is 32.6 Å². The molecule has 0 spiro atoms. The van der Waals surface area contributed by atoms with Crippen molar-refractivity contribution in [3.8, 4) is 0 Å². The Kier molecular flexibility index (Phi) is 5.44. The van der Waals surface area contributed by atoms with Gasteiger partial charge in [0.2, 0.25) is 0 Å². The molecule has 0 atom stereocenters. The molecule has 0 bridgehead atoms. The first-order valence-electron chi connectivity index (χ1n) is 9.48. The minimum absolute atomic E-state index is 0.442. The van der Waals surface area contributed by atoms with E-state index in [4.69, 9.17) is 0 Å². The van der Waals surface area contributed by atoms with Crippen molar-refractivity contribution in [1.29, 1.82) is 0 Å². The van der Waals surface area contributed by atoms with Gasteiger partial charge in [-0.15, -0.1) is 0 Å². The van der Waals surface area contributed by atoms with Gasteiger partial charge in [-0.3, -0.25) is 9.80 Å². The maximum Gasteiger partial charge on any atom is 0.0670 e. The van der Waals surface area contributed by atoms with Gasteiger partial charge in [0.1, 0.15) is 0 Å². The number of benzene rings is 3. The molecule has 0 N–H and O–H groups in total. The quantitative estimate of drug-likeness (QED) is 0.647. The van der Waals surface area contributed by atoms with Crippen LogP contribution in [-0.2, 0) is 19.5 Å². The smallest absolute Gasteiger partial charge is 0.0670 e. The predicted molar refractivity (Wildman–Crippen MR) is 108 cm³/mol. The number of hydrogen-bond donors (Lipinski definition) is 0. The Hall–Kier alpha value is -2.42. The summed E-state index contributed by atoms with van der Waals surface area (Å²) >= 11 is 0. The van der Waals surface area contributed by atoms with Gasteiger partial charge in [-0.05, 0) is 16.7 Å². The zero-order valence-electron chi connectivity index (χ0n) is 15.2. The molecule has 26 heavy (non-hydrogen) atoms. The van der Waals surface area contributed by atoms with Crippen LogP contribution in [0.3, 0.4) is 0 Å². The van der Waals surface area contributed by atoms with E-state index >= 15 is 0 Å². The average molecular weight is 342 g/mol. The Balaban J connectivity index is 1.53. The summed E-state index contributed by atoms with van der Waals surface area (Å²) in [4.78, 5) is 5.26.